The van der Waals surface area contributed by atoms with Crippen LogP contribution in [0.1, 0.15) is 0 Å². The van der Waals surface area contributed by atoms with Crippen LogP contribution in [0.5, 0.6) is 0 Å². The van der Waals surface area contributed by atoms with Crippen molar-refractivity contribution in [3.8, 4) is 0 Å². The van der Waals surface area contributed by atoms with Crippen LogP contribution < -0.4 is -0.0424 Å². The van der Waals surface area contributed by atoms with Gasteiger partial charge in [0.05, 0.1) is 0 Å². The first kappa shape index (κ1) is 9.95. The standard InChI is InChI=1S/C14H9.Eu/c1-3-7-13-11(5-1)9-10-12-6-2-4-8-14(12)13;/h1-5,7-10H;. The van der Waals surface area contributed by atoms with Gasteiger partial charge in [-0.1, -0.05) is 0 Å². The summed E-state index contributed by atoms with van der Waals surface area (Å²) in [5, 5.41) is 5.43. The Balaban J connectivity index is 2.60. The van der Waals surface area contributed by atoms with Gasteiger partial charge in [-0.2, -0.15) is 0 Å². The van der Waals surface area contributed by atoms with Crippen LogP contribution in [0.4, 0.5) is 0 Å². The second kappa shape index (κ2) is 3.97. The molecule has 3 aromatic rings. The quantitative estimate of drug-likeness (QED) is 0.556. The SMILES string of the molecule is [Eu][c]1cccc2c1ccc1ccccc12. The molecule has 15 heavy (non-hydrogen) atoms. The monoisotopic (exact) mass is 330 g/mol. The zero-order valence-electron chi connectivity index (χ0n) is 8.07. The summed E-state index contributed by atoms with van der Waals surface area (Å²) in [4.78, 5) is 0. The molecule has 0 N–H and O–H groups in total. The van der Waals surface area contributed by atoms with Gasteiger partial charge < -0.3 is 0 Å². The van der Waals surface area contributed by atoms with Gasteiger partial charge in [0.25, 0.3) is 0 Å². The van der Waals surface area contributed by atoms with Crippen molar-refractivity contribution < 1.29 is 47.0 Å². The molecular formula is C14H9Eu. The zero-order chi connectivity index (χ0) is 10.3. The number of benzene rings is 3. The van der Waals surface area contributed by atoms with E-state index >= 15 is 0 Å². The van der Waals surface area contributed by atoms with Crippen LogP contribution in [0.25, 0.3) is 21.5 Å². The Morgan fingerprint density at radius 1 is 0.600 bits per heavy atom. The van der Waals surface area contributed by atoms with E-state index in [1.54, 1.807) is 47.0 Å². The van der Waals surface area contributed by atoms with E-state index in [-0.39, 0.29) is 0 Å². The van der Waals surface area contributed by atoms with Gasteiger partial charge in [0, 0.05) is 0 Å². The van der Waals surface area contributed by atoms with Crippen LogP contribution in [-0.4, -0.2) is 0 Å². The fourth-order valence-electron chi connectivity index (χ4n) is 2.00. The van der Waals surface area contributed by atoms with Crippen LogP contribution in [0, 0.1) is 47.0 Å². The van der Waals surface area contributed by atoms with Gasteiger partial charge in [0.15, 0.2) is 0 Å². The van der Waals surface area contributed by atoms with E-state index in [0.717, 1.165) is 0 Å². The van der Waals surface area contributed by atoms with Crippen molar-refractivity contribution >= 4 is 21.5 Å². The average molecular weight is 329 g/mol. The number of hydrogen-bond acceptors (Lipinski definition) is 0. The molecule has 3 rings (SSSR count). The summed E-state index contributed by atoms with van der Waals surface area (Å²) in [6, 6.07) is 19.5. The molecule has 0 nitrogen and oxygen atoms in total. The first-order valence-electron chi connectivity index (χ1n) is 4.92. The summed E-state index contributed by atoms with van der Waals surface area (Å²) in [6.07, 6.45) is 0. The van der Waals surface area contributed by atoms with Crippen LogP contribution in [0.3, 0.4) is 0 Å². The molecular weight excluding hydrogens is 320 g/mol. The Bertz CT molecular complexity index is 641. The molecule has 72 valence electrons. The topological polar surface area (TPSA) is 0 Å². The van der Waals surface area contributed by atoms with Crippen molar-refractivity contribution in [1.82, 2.24) is 0 Å². The molecule has 0 unspecified atom stereocenters. The maximum absolute atomic E-state index is 2.23. The van der Waals surface area contributed by atoms with Crippen molar-refractivity contribution in [2.75, 3.05) is 0 Å². The predicted molar refractivity (Wildman–Crippen MR) is 61.1 cm³/mol. The Labute approximate surface area is 121 Å². The molecule has 0 aromatic heterocycles. The van der Waals surface area contributed by atoms with Gasteiger partial charge in [0.1, 0.15) is 0 Å². The Morgan fingerprint density at radius 2 is 1.40 bits per heavy atom. The molecule has 0 aliphatic rings. The van der Waals surface area contributed by atoms with Gasteiger partial charge in [-0.05, 0) is 0 Å². The number of rotatable bonds is 0. The molecule has 0 saturated heterocycles. The third-order valence-corrected chi connectivity index (χ3v) is 3.79. The first-order chi connectivity index (χ1) is 7.36. The van der Waals surface area contributed by atoms with E-state index in [9.17, 15) is 0 Å². The first-order valence-corrected chi connectivity index (χ1v) is 6.13. The zero-order valence-corrected chi connectivity index (χ0v) is 10.5. The molecule has 0 heterocycles. The number of fused-ring (bicyclic) bond motifs is 3. The van der Waals surface area contributed by atoms with E-state index in [4.69, 9.17) is 0 Å². The summed E-state index contributed by atoms with van der Waals surface area (Å²) in [7, 11) is 0. The second-order valence-electron chi connectivity index (χ2n) is 3.62. The molecule has 0 aliphatic heterocycles. The summed E-state index contributed by atoms with van der Waals surface area (Å²) >= 11 is 1.74. The third-order valence-electron chi connectivity index (χ3n) is 2.73. The molecule has 0 radical (unpaired) electrons. The Kier molecular flexibility index (Phi) is 2.63. The third kappa shape index (κ3) is 1.67. The van der Waals surface area contributed by atoms with Crippen molar-refractivity contribution in [3.05, 3.63) is 54.6 Å². The minimum atomic E-state index is 1.32. The van der Waals surface area contributed by atoms with Gasteiger partial charge in [-0.15, -0.1) is 0 Å². The summed E-state index contributed by atoms with van der Waals surface area (Å²) in [5.74, 6) is 0. The van der Waals surface area contributed by atoms with Crippen molar-refractivity contribution in [2.24, 2.45) is 0 Å². The predicted octanol–water partition coefficient (Wildman–Crippen LogP) is 3.17. The molecule has 3 aromatic carbocycles. The van der Waals surface area contributed by atoms with Crippen molar-refractivity contribution in [3.63, 3.8) is 0 Å². The Morgan fingerprint density at radius 3 is 2.33 bits per heavy atom. The molecule has 0 saturated carbocycles. The maximum atomic E-state index is 2.23. The van der Waals surface area contributed by atoms with Gasteiger partial charge in [0.2, 0.25) is 0 Å². The molecule has 0 atom stereocenters. The van der Waals surface area contributed by atoms with E-state index in [2.05, 4.69) is 54.6 Å². The van der Waals surface area contributed by atoms with Gasteiger partial charge >= 0.3 is 123 Å². The Hall–Kier alpha value is -0.236. The van der Waals surface area contributed by atoms with Crippen LogP contribution in [-0.2, 0) is 0 Å². The normalized spacial score (nSPS) is 11.0. The second-order valence-corrected chi connectivity index (χ2v) is 4.93. The van der Waals surface area contributed by atoms with Crippen LogP contribution in [0.15, 0.2) is 54.6 Å². The average Bonchev–Trinajstić information content (AvgIpc) is 2.29. The molecule has 0 amide bonds. The van der Waals surface area contributed by atoms with E-state index in [1.165, 1.54) is 21.5 Å². The summed E-state index contributed by atoms with van der Waals surface area (Å²) in [5.41, 5.74) is 0. The van der Waals surface area contributed by atoms with Crippen molar-refractivity contribution in [1.29, 1.82) is 0 Å². The van der Waals surface area contributed by atoms with Gasteiger partial charge in [-0.3, -0.25) is 0 Å². The van der Waals surface area contributed by atoms with E-state index in [1.807, 2.05) is 0 Å². The van der Waals surface area contributed by atoms with Crippen LogP contribution in [0.2, 0.25) is 0 Å². The molecule has 0 fully saturated rings. The molecule has 0 bridgehead atoms. The molecule has 0 aliphatic carbocycles. The van der Waals surface area contributed by atoms with E-state index in [0.29, 0.717) is 0 Å². The van der Waals surface area contributed by atoms with Crippen molar-refractivity contribution in [2.45, 2.75) is 0 Å². The molecule has 1 heteroatoms. The van der Waals surface area contributed by atoms with Gasteiger partial charge in [-0.25, -0.2) is 0 Å². The van der Waals surface area contributed by atoms with Crippen LogP contribution >= 0.6 is 0 Å². The van der Waals surface area contributed by atoms with E-state index < -0.39 is 0 Å². The fourth-order valence-corrected chi connectivity index (χ4v) is 2.76. The number of hydrogen-bond donors (Lipinski definition) is 0. The minimum absolute atomic E-state index is 1.32. The fraction of sp³-hybridized carbons (Fsp3) is 0. The molecule has 0 spiro atoms. The summed E-state index contributed by atoms with van der Waals surface area (Å²) in [6.45, 7) is 0. The summed E-state index contributed by atoms with van der Waals surface area (Å²) < 4.78 is 1.40.